The third-order valence-electron chi connectivity index (χ3n) is 4.00. The van der Waals surface area contributed by atoms with Crippen LogP contribution in [0.15, 0.2) is 26.8 Å². The first kappa shape index (κ1) is 22.3. The van der Waals surface area contributed by atoms with E-state index in [2.05, 4.69) is 4.36 Å². The minimum Gasteiger partial charge on any atom is -0.272 e. The lowest BCUT2D eigenvalue weighted by Gasteiger charge is -2.19. The van der Waals surface area contributed by atoms with Crippen LogP contribution in [0.25, 0.3) is 0 Å². The molecule has 0 spiro atoms. The molecule has 1 unspecified atom stereocenters. The molecule has 4 nitrogen and oxygen atoms in total. The fourth-order valence-corrected chi connectivity index (χ4v) is 5.65. The Bertz CT molecular complexity index is 945. The minimum absolute atomic E-state index is 0.0122. The van der Waals surface area contributed by atoms with Gasteiger partial charge in [0, 0.05) is 0 Å². The molecule has 1 aromatic heterocycles. The average Bonchev–Trinajstić information content (AvgIpc) is 2.88. The van der Waals surface area contributed by atoms with Crippen LogP contribution in [0.3, 0.4) is 0 Å². The van der Waals surface area contributed by atoms with Crippen molar-refractivity contribution in [3.63, 3.8) is 0 Å². The summed E-state index contributed by atoms with van der Waals surface area (Å²) in [5.74, 6) is -0.962. The van der Waals surface area contributed by atoms with Crippen molar-refractivity contribution in [1.82, 2.24) is 0 Å². The number of hydrogen-bond acceptors (Lipinski definition) is 3. The molecular weight excluding hydrogens is 430 g/mol. The van der Waals surface area contributed by atoms with Crippen LogP contribution in [-0.4, -0.2) is 10.1 Å². The molecule has 0 aliphatic carbocycles. The molecule has 0 fully saturated rings. The third kappa shape index (κ3) is 5.29. The maximum atomic E-state index is 14.0. The molecule has 0 saturated carbocycles. The molecule has 1 amide bonds. The Hall–Kier alpha value is -0.990. The molecule has 1 aromatic carbocycles. The Morgan fingerprint density at radius 2 is 1.70 bits per heavy atom. The van der Waals surface area contributed by atoms with Gasteiger partial charge < -0.3 is 0 Å². The van der Waals surface area contributed by atoms with Crippen molar-refractivity contribution >= 4 is 50.4 Å². The number of benzene rings is 1. The van der Waals surface area contributed by atoms with Gasteiger partial charge in [-0.05, 0) is 46.7 Å². The van der Waals surface area contributed by atoms with Gasteiger partial charge >= 0.3 is 0 Å². The zero-order valence-corrected chi connectivity index (χ0v) is 18.5. The van der Waals surface area contributed by atoms with Crippen LogP contribution >= 0.6 is 34.5 Å². The Labute approximate surface area is 173 Å². The Morgan fingerprint density at radius 1 is 1.19 bits per heavy atom. The van der Waals surface area contributed by atoms with Crippen LogP contribution < -0.4 is 5.14 Å². The zero-order chi connectivity index (χ0) is 20.5. The number of halogens is 3. The topological polar surface area (TPSA) is 72.5 Å². The second-order valence-electron chi connectivity index (χ2n) is 6.79. The van der Waals surface area contributed by atoms with Crippen LogP contribution in [0.2, 0.25) is 9.36 Å². The first-order chi connectivity index (χ1) is 12.4. The van der Waals surface area contributed by atoms with Gasteiger partial charge in [0.2, 0.25) is 0 Å². The first-order valence-corrected chi connectivity index (χ1v) is 11.4. The summed E-state index contributed by atoms with van der Waals surface area (Å²) in [5.41, 5.74) is 2.16. The van der Waals surface area contributed by atoms with E-state index in [4.69, 9.17) is 28.3 Å². The summed E-state index contributed by atoms with van der Waals surface area (Å²) >= 11 is 12.7. The number of nitrogens with zero attached hydrogens (tertiary/aromatic N) is 1. The van der Waals surface area contributed by atoms with E-state index in [1.807, 2.05) is 27.7 Å². The average molecular weight is 451 g/mol. The molecular formula is C18H21Cl2FN2O2S2. The molecule has 27 heavy (non-hydrogen) atoms. The summed E-state index contributed by atoms with van der Waals surface area (Å²) < 4.78 is 30.8. The van der Waals surface area contributed by atoms with Crippen LogP contribution in [0, 0.1) is 5.82 Å². The Kier molecular flexibility index (Phi) is 7.08. The van der Waals surface area contributed by atoms with Crippen molar-refractivity contribution in [3.8, 4) is 0 Å². The molecule has 2 rings (SSSR count). The van der Waals surface area contributed by atoms with Crippen molar-refractivity contribution in [2.45, 2.75) is 50.2 Å². The van der Waals surface area contributed by atoms with E-state index in [-0.39, 0.29) is 37.6 Å². The van der Waals surface area contributed by atoms with E-state index in [9.17, 15) is 13.4 Å². The van der Waals surface area contributed by atoms with Crippen molar-refractivity contribution in [3.05, 3.63) is 50.1 Å². The molecule has 148 valence electrons. The highest BCUT2D eigenvalue weighted by atomic mass is 35.5. The maximum absolute atomic E-state index is 14.0. The van der Waals surface area contributed by atoms with Crippen LogP contribution in [-0.2, 0) is 21.1 Å². The monoisotopic (exact) mass is 450 g/mol. The summed E-state index contributed by atoms with van der Waals surface area (Å²) in [6.07, 6.45) is -0.109. The summed E-state index contributed by atoms with van der Waals surface area (Å²) in [6, 6.07) is 4.21. The molecule has 2 N–H and O–H groups in total. The summed E-state index contributed by atoms with van der Waals surface area (Å²) in [6.45, 7) is 7.69. The minimum atomic E-state index is -3.45. The molecule has 9 heteroatoms. The van der Waals surface area contributed by atoms with Gasteiger partial charge in [-0.3, -0.25) is 4.79 Å². The molecule has 1 heterocycles. The van der Waals surface area contributed by atoms with E-state index < -0.39 is 15.8 Å². The molecule has 0 radical (unpaired) electrons. The second-order valence-corrected chi connectivity index (χ2v) is 10.9. The van der Waals surface area contributed by atoms with Crippen molar-refractivity contribution in [1.29, 1.82) is 0 Å². The number of carbonyl (C=O) groups is 1. The van der Waals surface area contributed by atoms with E-state index in [1.54, 1.807) is 0 Å². The van der Waals surface area contributed by atoms with Gasteiger partial charge in [0.1, 0.15) is 14.4 Å². The van der Waals surface area contributed by atoms with Crippen LogP contribution in [0.5, 0.6) is 0 Å². The Morgan fingerprint density at radius 3 is 2.11 bits per heavy atom. The lowest BCUT2D eigenvalue weighted by molar-refractivity contribution is -0.117. The molecule has 2 aromatic rings. The van der Waals surface area contributed by atoms with E-state index >= 15 is 0 Å². The molecule has 1 atom stereocenters. The Balaban J connectivity index is 2.47. The normalized spacial score (nSPS) is 13.9. The van der Waals surface area contributed by atoms with E-state index in [1.165, 1.54) is 18.2 Å². The number of rotatable bonds is 5. The number of amides is 1. The lowest BCUT2D eigenvalue weighted by Crippen LogP contribution is -2.16. The number of hydrogen-bond donors (Lipinski definition) is 1. The highest BCUT2D eigenvalue weighted by Crippen LogP contribution is 2.34. The van der Waals surface area contributed by atoms with Gasteiger partial charge in [-0.25, -0.2) is 13.7 Å². The van der Waals surface area contributed by atoms with Gasteiger partial charge in [-0.15, -0.1) is 15.7 Å². The summed E-state index contributed by atoms with van der Waals surface area (Å²) in [5, 5.41) is 5.98. The molecule has 0 saturated heterocycles. The molecule has 0 aliphatic heterocycles. The van der Waals surface area contributed by atoms with Gasteiger partial charge in [0.15, 0.2) is 9.92 Å². The molecule has 0 bridgehead atoms. The van der Waals surface area contributed by atoms with E-state index in [0.29, 0.717) is 5.56 Å². The maximum Gasteiger partial charge on any atom is 0.259 e. The number of thiophene rings is 1. The standard InChI is InChI=1S/C18H21Cl2FN2O2S2/c1-9(2)12-5-11(21)6-13(10(3)4)14(12)7-16(24)23-27(22,25)17-8-15(19)18(20)26-17/h5-6,8-10H,7H2,1-4H3,(H2,22,23,24,25). The number of nitrogens with two attached hydrogens (primary N) is 1. The van der Waals surface area contributed by atoms with Gasteiger partial charge in [0.25, 0.3) is 5.91 Å². The van der Waals surface area contributed by atoms with Gasteiger partial charge in [0.05, 0.1) is 11.4 Å². The van der Waals surface area contributed by atoms with Crippen molar-refractivity contribution in [2.24, 2.45) is 9.50 Å². The summed E-state index contributed by atoms with van der Waals surface area (Å²) in [4.78, 5) is 12.5. The largest absolute Gasteiger partial charge is 0.272 e. The van der Waals surface area contributed by atoms with Gasteiger partial charge in [-0.2, -0.15) is 0 Å². The highest BCUT2D eigenvalue weighted by molar-refractivity contribution is 7.93. The van der Waals surface area contributed by atoms with Crippen molar-refractivity contribution in [2.75, 3.05) is 0 Å². The predicted octanol–water partition coefficient (Wildman–Crippen LogP) is 5.91. The van der Waals surface area contributed by atoms with Crippen LogP contribution in [0.4, 0.5) is 4.39 Å². The highest BCUT2D eigenvalue weighted by Gasteiger charge is 2.20. The quantitative estimate of drug-likeness (QED) is 0.614. The van der Waals surface area contributed by atoms with Crippen LogP contribution in [0.1, 0.15) is 56.2 Å². The third-order valence-corrected chi connectivity index (χ3v) is 7.80. The lowest BCUT2D eigenvalue weighted by atomic mass is 9.87. The van der Waals surface area contributed by atoms with E-state index in [0.717, 1.165) is 22.5 Å². The first-order valence-electron chi connectivity index (χ1n) is 8.27. The SMILES string of the molecule is CC(C)c1cc(F)cc(C(C)C)c1CC(=O)N=S(N)(=O)c1cc(Cl)c(Cl)s1. The smallest absolute Gasteiger partial charge is 0.259 e. The predicted molar refractivity (Wildman–Crippen MR) is 111 cm³/mol. The zero-order valence-electron chi connectivity index (χ0n) is 15.4. The summed E-state index contributed by atoms with van der Waals surface area (Å²) in [7, 11) is -3.45. The fourth-order valence-electron chi connectivity index (χ4n) is 2.76. The van der Waals surface area contributed by atoms with Gasteiger partial charge in [-0.1, -0.05) is 50.9 Å². The fraction of sp³-hybridized carbons (Fsp3) is 0.389. The van der Waals surface area contributed by atoms with Crippen molar-refractivity contribution < 1.29 is 13.4 Å². The second kappa shape index (κ2) is 8.57. The molecule has 0 aliphatic rings. The number of carbonyl (C=O) groups excluding carboxylic acids is 1.